The van der Waals surface area contributed by atoms with Gasteiger partial charge in [0, 0.05) is 38.3 Å². The first-order valence-corrected chi connectivity index (χ1v) is 12.9. The monoisotopic (exact) mass is 483 g/mol. The number of hydrogen-bond acceptors (Lipinski definition) is 4. The van der Waals surface area contributed by atoms with E-state index in [-0.39, 0.29) is 17.9 Å². The van der Waals surface area contributed by atoms with Crippen LogP contribution in [0.3, 0.4) is 0 Å². The summed E-state index contributed by atoms with van der Waals surface area (Å²) < 4.78 is 6.58. The van der Waals surface area contributed by atoms with Crippen molar-refractivity contribution in [2.45, 2.75) is 45.3 Å². The summed E-state index contributed by atoms with van der Waals surface area (Å²) in [5, 5.41) is 0. The van der Waals surface area contributed by atoms with Crippen molar-refractivity contribution < 1.29 is 9.53 Å². The van der Waals surface area contributed by atoms with Crippen molar-refractivity contribution in [1.29, 1.82) is 0 Å². The molecule has 2 unspecified atom stereocenters. The quantitative estimate of drug-likeness (QED) is 0.570. The molecule has 5 heteroatoms. The lowest BCUT2D eigenvalue weighted by Gasteiger charge is -2.40. The van der Waals surface area contributed by atoms with Crippen LogP contribution in [-0.2, 0) is 4.79 Å². The summed E-state index contributed by atoms with van der Waals surface area (Å²) in [6, 6.07) is 22.2. The molecule has 3 aromatic carbocycles. The van der Waals surface area contributed by atoms with Crippen molar-refractivity contribution in [3.8, 4) is 5.75 Å². The van der Waals surface area contributed by atoms with Crippen molar-refractivity contribution in [3.63, 3.8) is 0 Å². The number of ether oxygens (including phenoxy) is 1. The van der Waals surface area contributed by atoms with E-state index in [1.54, 1.807) is 0 Å². The molecule has 5 rings (SSSR count). The van der Waals surface area contributed by atoms with E-state index in [2.05, 4.69) is 62.9 Å². The van der Waals surface area contributed by atoms with E-state index >= 15 is 0 Å². The molecular weight excluding hydrogens is 446 g/mol. The van der Waals surface area contributed by atoms with Crippen LogP contribution in [0.2, 0.25) is 0 Å². The number of carbonyl (C=O) groups excluding carboxylic acids is 1. The van der Waals surface area contributed by atoms with E-state index in [4.69, 9.17) is 10.5 Å². The summed E-state index contributed by atoms with van der Waals surface area (Å²) in [7, 11) is 0. The van der Waals surface area contributed by atoms with Crippen molar-refractivity contribution in [1.82, 2.24) is 9.80 Å². The second-order valence-corrected chi connectivity index (χ2v) is 10.6. The first-order chi connectivity index (χ1) is 17.3. The minimum Gasteiger partial charge on any atom is -0.484 e. The van der Waals surface area contributed by atoms with Crippen LogP contribution in [0.1, 0.15) is 52.3 Å². The molecule has 0 spiro atoms. The van der Waals surface area contributed by atoms with Gasteiger partial charge in [-0.2, -0.15) is 0 Å². The Kier molecular flexibility index (Phi) is 6.62. The van der Waals surface area contributed by atoms with Gasteiger partial charge in [-0.25, -0.2) is 0 Å². The Morgan fingerprint density at radius 3 is 2.06 bits per heavy atom. The fourth-order valence-electron chi connectivity index (χ4n) is 5.84. The molecule has 188 valence electrons. The Hall–Kier alpha value is -3.15. The van der Waals surface area contributed by atoms with Gasteiger partial charge in [-0.05, 0) is 55.5 Å². The number of amides is 1. The molecule has 0 aliphatic carbocycles. The second kappa shape index (κ2) is 9.72. The maximum absolute atomic E-state index is 13.8. The number of carbonyl (C=O) groups is 1. The van der Waals surface area contributed by atoms with Gasteiger partial charge in [0.1, 0.15) is 11.4 Å². The SMILES string of the molecule is Cc1cc(C)c2c(c1C)OC(C)(CN1CCN(C(=O)C(c3ccccc3)c3ccccc3)CC1)C2N. The lowest BCUT2D eigenvalue weighted by Crippen LogP contribution is -2.56. The zero-order valence-electron chi connectivity index (χ0n) is 21.8. The average molecular weight is 484 g/mol. The smallest absolute Gasteiger partial charge is 0.234 e. The van der Waals surface area contributed by atoms with Crippen molar-refractivity contribution in [2.24, 2.45) is 5.73 Å². The van der Waals surface area contributed by atoms with E-state index < -0.39 is 5.60 Å². The van der Waals surface area contributed by atoms with Crippen LogP contribution >= 0.6 is 0 Å². The molecule has 2 heterocycles. The zero-order chi connectivity index (χ0) is 25.4. The number of aryl methyl sites for hydroxylation is 2. The van der Waals surface area contributed by atoms with Crippen LogP contribution < -0.4 is 10.5 Å². The Labute approximate surface area is 214 Å². The maximum atomic E-state index is 13.8. The van der Waals surface area contributed by atoms with Gasteiger partial charge in [-0.1, -0.05) is 66.7 Å². The molecule has 1 fully saturated rings. The van der Waals surface area contributed by atoms with E-state index in [9.17, 15) is 4.79 Å². The molecule has 2 aliphatic heterocycles. The van der Waals surface area contributed by atoms with Crippen molar-refractivity contribution >= 4 is 5.91 Å². The molecule has 0 bridgehead atoms. The molecule has 1 saturated heterocycles. The Morgan fingerprint density at radius 2 is 1.50 bits per heavy atom. The number of fused-ring (bicyclic) bond motifs is 1. The second-order valence-electron chi connectivity index (χ2n) is 10.6. The number of nitrogens with two attached hydrogens (primary N) is 1. The first kappa shape index (κ1) is 24.5. The van der Waals surface area contributed by atoms with Gasteiger partial charge >= 0.3 is 0 Å². The van der Waals surface area contributed by atoms with Crippen LogP contribution in [0.5, 0.6) is 5.75 Å². The van der Waals surface area contributed by atoms with Gasteiger partial charge in [0.2, 0.25) is 5.91 Å². The summed E-state index contributed by atoms with van der Waals surface area (Å²) in [6.07, 6.45) is 0. The third kappa shape index (κ3) is 4.42. The Bertz CT molecular complexity index is 1200. The topological polar surface area (TPSA) is 58.8 Å². The number of hydrogen-bond donors (Lipinski definition) is 1. The molecular formula is C31H37N3O2. The average Bonchev–Trinajstić information content (AvgIpc) is 3.15. The third-order valence-electron chi connectivity index (χ3n) is 8.07. The minimum absolute atomic E-state index is 0.168. The van der Waals surface area contributed by atoms with Crippen LogP contribution in [0, 0.1) is 20.8 Å². The van der Waals surface area contributed by atoms with Crippen molar-refractivity contribution in [2.75, 3.05) is 32.7 Å². The molecule has 2 atom stereocenters. The molecule has 0 saturated carbocycles. The highest BCUT2D eigenvalue weighted by molar-refractivity contribution is 5.87. The van der Waals surface area contributed by atoms with E-state index in [0.717, 1.165) is 42.1 Å². The first-order valence-electron chi connectivity index (χ1n) is 12.9. The molecule has 1 amide bonds. The van der Waals surface area contributed by atoms with Crippen LogP contribution in [0.4, 0.5) is 0 Å². The standard InChI is InChI=1S/C31H37N3O2/c1-21-19-22(2)26-28(23(21)3)36-31(4,29(26)32)20-33-15-17-34(18-16-33)30(35)27(24-11-7-5-8-12-24)25-13-9-6-10-14-25/h5-14,19,27,29H,15-18,20,32H2,1-4H3. The van der Waals surface area contributed by atoms with Crippen LogP contribution in [0.15, 0.2) is 66.7 Å². The predicted molar refractivity (Wildman–Crippen MR) is 144 cm³/mol. The van der Waals surface area contributed by atoms with Gasteiger partial charge in [0.05, 0.1) is 12.0 Å². The molecule has 2 N–H and O–H groups in total. The molecule has 0 aromatic heterocycles. The maximum Gasteiger partial charge on any atom is 0.234 e. The zero-order valence-corrected chi connectivity index (χ0v) is 21.8. The van der Waals surface area contributed by atoms with Gasteiger partial charge in [0.15, 0.2) is 0 Å². The summed E-state index contributed by atoms with van der Waals surface area (Å²) >= 11 is 0. The van der Waals surface area contributed by atoms with Crippen LogP contribution in [0.25, 0.3) is 0 Å². The summed E-state index contributed by atoms with van der Waals surface area (Å²) in [5.41, 5.74) is 13.1. The molecule has 5 nitrogen and oxygen atoms in total. The largest absolute Gasteiger partial charge is 0.484 e. The molecule has 0 radical (unpaired) electrons. The summed E-state index contributed by atoms with van der Waals surface area (Å²) in [4.78, 5) is 18.2. The van der Waals surface area contributed by atoms with Gasteiger partial charge < -0.3 is 15.4 Å². The highest BCUT2D eigenvalue weighted by atomic mass is 16.5. The highest BCUT2D eigenvalue weighted by Crippen LogP contribution is 2.46. The van der Waals surface area contributed by atoms with E-state index in [0.29, 0.717) is 13.1 Å². The number of piperazine rings is 1. The van der Waals surface area contributed by atoms with Crippen LogP contribution in [-0.4, -0.2) is 54.0 Å². The predicted octanol–water partition coefficient (Wildman–Crippen LogP) is 4.74. The summed E-state index contributed by atoms with van der Waals surface area (Å²) in [5.74, 6) is 0.845. The van der Waals surface area contributed by atoms with Gasteiger partial charge in [-0.15, -0.1) is 0 Å². The van der Waals surface area contributed by atoms with E-state index in [1.165, 1.54) is 16.7 Å². The third-order valence-corrected chi connectivity index (χ3v) is 8.07. The molecule has 2 aliphatic rings. The summed E-state index contributed by atoms with van der Waals surface area (Å²) in [6.45, 7) is 12.2. The number of benzene rings is 3. The lowest BCUT2D eigenvalue weighted by atomic mass is 9.88. The van der Waals surface area contributed by atoms with Crippen molar-refractivity contribution in [3.05, 3.63) is 100 Å². The lowest BCUT2D eigenvalue weighted by molar-refractivity contribution is -0.134. The Balaban J connectivity index is 1.28. The fourth-order valence-corrected chi connectivity index (χ4v) is 5.84. The fraction of sp³-hybridized carbons (Fsp3) is 0.387. The normalized spacial score (nSPS) is 21.9. The minimum atomic E-state index is -0.492. The highest BCUT2D eigenvalue weighted by Gasteiger charge is 2.46. The molecule has 3 aromatic rings. The Morgan fingerprint density at radius 1 is 0.944 bits per heavy atom. The van der Waals surface area contributed by atoms with Gasteiger partial charge in [-0.3, -0.25) is 9.69 Å². The van der Waals surface area contributed by atoms with Gasteiger partial charge in [0.25, 0.3) is 0 Å². The number of nitrogens with zero attached hydrogens (tertiary/aromatic N) is 2. The number of rotatable bonds is 5. The van der Waals surface area contributed by atoms with E-state index in [1.807, 2.05) is 41.3 Å². The molecule has 36 heavy (non-hydrogen) atoms.